The standard InChI is InChI=1S/C26H24F2N6O3/c1-32-6-8-33(9-7-32)22-5-3-19(26(29)35)25(34(36)37)23(22)24-20-13-15(2-4-21(20)30-31-24)10-16-11-17(27)14-18(28)12-16/h2-5,11-14H,6-10H2,1H3,(H2,29,35)(H,30,31). The fourth-order valence-corrected chi connectivity index (χ4v) is 4.82. The molecule has 37 heavy (non-hydrogen) atoms. The van der Waals surface area contributed by atoms with Crippen molar-refractivity contribution in [3.8, 4) is 11.3 Å². The van der Waals surface area contributed by atoms with Crippen LogP contribution in [0.4, 0.5) is 20.2 Å². The molecular formula is C26H24F2N6O3. The zero-order chi connectivity index (χ0) is 26.3. The van der Waals surface area contributed by atoms with Crippen LogP contribution in [0.15, 0.2) is 48.5 Å². The van der Waals surface area contributed by atoms with Gasteiger partial charge in [0.25, 0.3) is 11.6 Å². The van der Waals surface area contributed by atoms with Gasteiger partial charge in [0.05, 0.1) is 16.1 Å². The van der Waals surface area contributed by atoms with Crippen molar-refractivity contribution in [3.63, 3.8) is 0 Å². The number of halogens is 2. The van der Waals surface area contributed by atoms with Gasteiger partial charge < -0.3 is 15.5 Å². The molecule has 0 unspecified atom stereocenters. The largest absolute Gasteiger partial charge is 0.368 e. The van der Waals surface area contributed by atoms with Crippen LogP contribution in [0.3, 0.4) is 0 Å². The Bertz CT molecular complexity index is 1510. The summed E-state index contributed by atoms with van der Waals surface area (Å²) in [6.07, 6.45) is 0.240. The van der Waals surface area contributed by atoms with Crippen LogP contribution < -0.4 is 10.6 Å². The van der Waals surface area contributed by atoms with Crippen LogP contribution in [-0.2, 0) is 6.42 Å². The Morgan fingerprint density at radius 1 is 1.05 bits per heavy atom. The maximum absolute atomic E-state index is 13.7. The quantitative estimate of drug-likeness (QED) is 0.303. The number of hydrogen-bond acceptors (Lipinski definition) is 6. The van der Waals surface area contributed by atoms with Gasteiger partial charge in [-0.05, 0) is 61.0 Å². The zero-order valence-corrected chi connectivity index (χ0v) is 20.0. The second-order valence-electron chi connectivity index (χ2n) is 9.17. The van der Waals surface area contributed by atoms with Gasteiger partial charge in [0.15, 0.2) is 0 Å². The molecule has 1 amide bonds. The first-order valence-electron chi connectivity index (χ1n) is 11.7. The number of fused-ring (bicyclic) bond motifs is 1. The molecule has 3 N–H and O–H groups in total. The minimum absolute atomic E-state index is 0.200. The Morgan fingerprint density at radius 2 is 1.76 bits per heavy atom. The molecular weight excluding hydrogens is 482 g/mol. The summed E-state index contributed by atoms with van der Waals surface area (Å²) in [7, 11) is 2.00. The molecule has 0 bridgehead atoms. The molecule has 1 saturated heterocycles. The van der Waals surface area contributed by atoms with Gasteiger partial charge in [-0.25, -0.2) is 8.78 Å². The molecule has 1 aromatic heterocycles. The minimum Gasteiger partial charge on any atom is -0.368 e. The number of aromatic amines is 1. The van der Waals surface area contributed by atoms with Crippen LogP contribution in [0, 0.1) is 21.7 Å². The van der Waals surface area contributed by atoms with Crippen molar-refractivity contribution in [2.75, 3.05) is 38.1 Å². The summed E-state index contributed by atoms with van der Waals surface area (Å²) in [5.74, 6) is -2.25. The number of nitrogens with one attached hydrogen (secondary N) is 1. The first-order chi connectivity index (χ1) is 17.7. The summed E-state index contributed by atoms with van der Waals surface area (Å²) in [5, 5.41) is 20.2. The van der Waals surface area contributed by atoms with Crippen molar-refractivity contribution in [2.24, 2.45) is 5.73 Å². The molecule has 190 valence electrons. The minimum atomic E-state index is -0.911. The number of nitrogens with two attached hydrogens (primary N) is 1. The fourth-order valence-electron chi connectivity index (χ4n) is 4.82. The number of aromatic nitrogens is 2. The van der Waals surface area contributed by atoms with Crippen molar-refractivity contribution in [1.29, 1.82) is 0 Å². The van der Waals surface area contributed by atoms with Crippen LogP contribution in [0.5, 0.6) is 0 Å². The van der Waals surface area contributed by atoms with Crippen molar-refractivity contribution >= 4 is 28.2 Å². The van der Waals surface area contributed by atoms with Crippen LogP contribution in [0.25, 0.3) is 22.2 Å². The third-order valence-corrected chi connectivity index (χ3v) is 6.64. The van der Waals surface area contributed by atoms with E-state index in [9.17, 15) is 23.7 Å². The molecule has 0 saturated carbocycles. The summed E-state index contributed by atoms with van der Waals surface area (Å²) >= 11 is 0. The molecule has 0 radical (unpaired) electrons. The number of anilines is 1. The van der Waals surface area contributed by atoms with Gasteiger partial charge in [-0.2, -0.15) is 5.10 Å². The number of nitro benzene ring substituents is 1. The lowest BCUT2D eigenvalue weighted by atomic mass is 9.96. The first kappa shape index (κ1) is 24.3. The van der Waals surface area contributed by atoms with E-state index < -0.39 is 28.2 Å². The number of primary amides is 1. The highest BCUT2D eigenvalue weighted by Gasteiger charge is 2.32. The predicted octanol–water partition coefficient (Wildman–Crippen LogP) is 3.86. The van der Waals surface area contributed by atoms with E-state index in [-0.39, 0.29) is 17.5 Å². The number of carbonyl (C=O) groups excluding carboxylic acids is 1. The molecule has 1 aliphatic rings. The number of nitro groups is 1. The smallest absolute Gasteiger partial charge is 0.293 e. The van der Waals surface area contributed by atoms with Crippen molar-refractivity contribution in [1.82, 2.24) is 15.1 Å². The van der Waals surface area contributed by atoms with Gasteiger partial charge in [-0.1, -0.05) is 6.07 Å². The predicted molar refractivity (Wildman–Crippen MR) is 136 cm³/mol. The summed E-state index contributed by atoms with van der Waals surface area (Å²) in [5.41, 5.74) is 7.77. The maximum Gasteiger partial charge on any atom is 0.293 e. The van der Waals surface area contributed by atoms with Crippen molar-refractivity contribution in [2.45, 2.75) is 6.42 Å². The average molecular weight is 507 g/mol. The normalized spacial score (nSPS) is 14.3. The van der Waals surface area contributed by atoms with Crippen molar-refractivity contribution < 1.29 is 18.5 Å². The SMILES string of the molecule is CN1CCN(c2ccc(C(N)=O)c([N+](=O)[O-])c2-c2n[nH]c3ccc(Cc4cc(F)cc(F)c4)cc23)CC1. The second-order valence-corrected chi connectivity index (χ2v) is 9.17. The Labute approximate surface area is 210 Å². The summed E-state index contributed by atoms with van der Waals surface area (Å²) in [4.78, 5) is 28.1. The number of rotatable bonds is 6. The molecule has 0 atom stereocenters. The lowest BCUT2D eigenvalue weighted by Gasteiger charge is -2.35. The highest BCUT2D eigenvalue weighted by Crippen LogP contribution is 2.43. The zero-order valence-electron chi connectivity index (χ0n) is 20.0. The Kier molecular flexibility index (Phi) is 6.30. The molecule has 4 aromatic rings. The number of likely N-dealkylation sites (N-methyl/N-ethyl adjacent to an activating group) is 1. The number of nitrogens with zero attached hydrogens (tertiary/aromatic N) is 4. The molecule has 1 fully saturated rings. The van der Waals surface area contributed by atoms with Crippen LogP contribution in [-0.4, -0.2) is 59.2 Å². The second kappa shape index (κ2) is 9.58. The third-order valence-electron chi connectivity index (χ3n) is 6.64. The number of benzene rings is 3. The third kappa shape index (κ3) is 4.73. The molecule has 2 heterocycles. The van der Waals surface area contributed by atoms with Crippen molar-refractivity contribution in [3.05, 3.63) is 87.0 Å². The maximum atomic E-state index is 13.7. The number of H-pyrrole nitrogens is 1. The first-order valence-corrected chi connectivity index (χ1v) is 11.7. The van der Waals surface area contributed by atoms with Gasteiger partial charge in [0.2, 0.25) is 0 Å². The summed E-state index contributed by atoms with van der Waals surface area (Å²) in [6, 6.07) is 11.7. The molecule has 9 nitrogen and oxygen atoms in total. The lowest BCUT2D eigenvalue weighted by molar-refractivity contribution is -0.384. The van der Waals surface area contributed by atoms with Gasteiger partial charge in [-0.3, -0.25) is 20.0 Å². The molecule has 0 spiro atoms. The Hall–Kier alpha value is -4.38. The monoisotopic (exact) mass is 506 g/mol. The van der Waals surface area contributed by atoms with Crippen LogP contribution >= 0.6 is 0 Å². The summed E-state index contributed by atoms with van der Waals surface area (Å²) in [6.45, 7) is 2.80. The van der Waals surface area contributed by atoms with Gasteiger partial charge in [0.1, 0.15) is 28.5 Å². The van der Waals surface area contributed by atoms with E-state index in [0.29, 0.717) is 40.9 Å². The Balaban J connectivity index is 1.69. The van der Waals surface area contributed by atoms with Crippen LogP contribution in [0.1, 0.15) is 21.5 Å². The van der Waals surface area contributed by atoms with E-state index in [0.717, 1.165) is 24.7 Å². The highest BCUT2D eigenvalue weighted by molar-refractivity contribution is 6.06. The lowest BCUT2D eigenvalue weighted by Crippen LogP contribution is -2.44. The topological polar surface area (TPSA) is 121 Å². The van der Waals surface area contributed by atoms with E-state index in [1.807, 2.05) is 11.9 Å². The molecule has 0 aliphatic carbocycles. The molecule has 3 aromatic carbocycles. The Morgan fingerprint density at radius 3 is 2.41 bits per heavy atom. The van der Waals surface area contributed by atoms with Gasteiger partial charge in [0, 0.05) is 37.6 Å². The van der Waals surface area contributed by atoms with E-state index in [4.69, 9.17) is 5.73 Å². The number of carbonyl (C=O) groups is 1. The van der Waals surface area contributed by atoms with Crippen LogP contribution in [0.2, 0.25) is 0 Å². The number of piperazine rings is 1. The number of hydrogen-bond donors (Lipinski definition) is 2. The van der Waals surface area contributed by atoms with Gasteiger partial charge in [-0.15, -0.1) is 0 Å². The van der Waals surface area contributed by atoms with E-state index >= 15 is 0 Å². The molecule has 11 heteroatoms. The molecule has 1 aliphatic heterocycles. The van der Waals surface area contributed by atoms with E-state index in [1.165, 1.54) is 18.2 Å². The van der Waals surface area contributed by atoms with E-state index in [2.05, 4.69) is 15.1 Å². The average Bonchev–Trinajstić information content (AvgIpc) is 3.26. The summed E-state index contributed by atoms with van der Waals surface area (Å²) < 4.78 is 27.4. The molecule has 5 rings (SSSR count). The number of amides is 1. The fraction of sp³-hybridized carbons (Fsp3) is 0.231. The van der Waals surface area contributed by atoms with E-state index in [1.54, 1.807) is 24.3 Å². The highest BCUT2D eigenvalue weighted by atomic mass is 19.1. The van der Waals surface area contributed by atoms with Gasteiger partial charge >= 0.3 is 0 Å².